The number of anilines is 1. The monoisotopic (exact) mass is 353 g/mol. The molecule has 1 saturated heterocycles. The first kappa shape index (κ1) is 17.6. The molecule has 2 amide bonds. The molecule has 0 bridgehead atoms. The second-order valence-corrected chi connectivity index (χ2v) is 6.31. The number of nitro groups is 1. The maximum absolute atomic E-state index is 12.8. The molecule has 0 N–H and O–H groups in total. The summed E-state index contributed by atoms with van der Waals surface area (Å²) in [5.74, 6) is -0.443. The summed E-state index contributed by atoms with van der Waals surface area (Å²) in [6, 6.07) is 12.5. The van der Waals surface area contributed by atoms with Crippen LogP contribution in [0.25, 0.3) is 0 Å². The van der Waals surface area contributed by atoms with Gasteiger partial charge in [-0.1, -0.05) is 12.1 Å². The second kappa shape index (κ2) is 6.95. The Morgan fingerprint density at radius 3 is 2.46 bits per heavy atom. The maximum atomic E-state index is 12.8. The van der Waals surface area contributed by atoms with E-state index in [1.165, 1.54) is 29.2 Å². The first-order valence-electron chi connectivity index (χ1n) is 8.32. The summed E-state index contributed by atoms with van der Waals surface area (Å²) < 4.78 is 0. The number of hydrogen-bond donors (Lipinski definition) is 0. The van der Waals surface area contributed by atoms with Crippen molar-refractivity contribution in [2.75, 3.05) is 18.0 Å². The Balaban J connectivity index is 1.78. The Labute approximate surface area is 151 Å². The maximum Gasteiger partial charge on any atom is 0.269 e. The molecule has 7 nitrogen and oxygen atoms in total. The second-order valence-electron chi connectivity index (χ2n) is 6.31. The number of hydrogen-bond acceptors (Lipinski definition) is 4. The highest BCUT2D eigenvalue weighted by Crippen LogP contribution is 2.23. The molecule has 134 valence electrons. The zero-order valence-corrected chi connectivity index (χ0v) is 14.6. The lowest BCUT2D eigenvalue weighted by atomic mass is 10.1. The van der Waals surface area contributed by atoms with E-state index in [1.807, 2.05) is 31.2 Å². The van der Waals surface area contributed by atoms with E-state index in [0.717, 1.165) is 11.3 Å². The average Bonchev–Trinajstić information content (AvgIpc) is 2.63. The summed E-state index contributed by atoms with van der Waals surface area (Å²) in [6.07, 6.45) is 0. The van der Waals surface area contributed by atoms with Crippen molar-refractivity contribution in [1.82, 2.24) is 4.90 Å². The fourth-order valence-corrected chi connectivity index (χ4v) is 3.09. The van der Waals surface area contributed by atoms with Crippen LogP contribution in [0.5, 0.6) is 0 Å². The van der Waals surface area contributed by atoms with Gasteiger partial charge in [-0.05, 0) is 43.7 Å². The number of rotatable bonds is 3. The molecule has 1 unspecified atom stereocenters. The van der Waals surface area contributed by atoms with Gasteiger partial charge in [0.25, 0.3) is 11.6 Å². The Morgan fingerprint density at radius 1 is 1.15 bits per heavy atom. The molecule has 7 heteroatoms. The molecule has 0 radical (unpaired) electrons. The van der Waals surface area contributed by atoms with Crippen LogP contribution in [0.4, 0.5) is 11.4 Å². The van der Waals surface area contributed by atoms with E-state index in [2.05, 4.69) is 0 Å². The standard InChI is InChI=1S/C19H19N3O4/c1-13-4-3-5-17(12-13)21-11-10-20(14(2)18(21)23)19(24)15-6-8-16(9-7-15)22(25)26/h3-9,12,14H,10-11H2,1-2H3. The van der Waals surface area contributed by atoms with Crippen LogP contribution in [0.3, 0.4) is 0 Å². The molecule has 1 heterocycles. The molecule has 26 heavy (non-hydrogen) atoms. The average molecular weight is 353 g/mol. The molecule has 0 spiro atoms. The summed E-state index contributed by atoms with van der Waals surface area (Å²) in [4.78, 5) is 38.9. The van der Waals surface area contributed by atoms with Gasteiger partial charge in [-0.3, -0.25) is 19.7 Å². The van der Waals surface area contributed by atoms with Crippen LogP contribution >= 0.6 is 0 Å². The molecule has 0 aromatic heterocycles. The third kappa shape index (κ3) is 3.28. The van der Waals surface area contributed by atoms with Crippen molar-refractivity contribution in [3.05, 3.63) is 69.8 Å². The number of piperazine rings is 1. The van der Waals surface area contributed by atoms with Crippen LogP contribution < -0.4 is 4.90 Å². The minimum absolute atomic E-state index is 0.0741. The molecular formula is C19H19N3O4. The van der Waals surface area contributed by atoms with Crippen LogP contribution in [-0.2, 0) is 4.79 Å². The van der Waals surface area contributed by atoms with Crippen molar-refractivity contribution in [1.29, 1.82) is 0 Å². The molecular weight excluding hydrogens is 334 g/mol. The van der Waals surface area contributed by atoms with E-state index in [1.54, 1.807) is 11.8 Å². The van der Waals surface area contributed by atoms with Gasteiger partial charge in [-0.25, -0.2) is 0 Å². The molecule has 1 aliphatic rings. The lowest BCUT2D eigenvalue weighted by Gasteiger charge is -2.39. The highest BCUT2D eigenvalue weighted by molar-refractivity contribution is 6.03. The molecule has 1 fully saturated rings. The minimum Gasteiger partial charge on any atom is -0.325 e. The third-order valence-corrected chi connectivity index (χ3v) is 4.55. The molecule has 2 aromatic rings. The van der Waals surface area contributed by atoms with Crippen molar-refractivity contribution in [3.8, 4) is 0 Å². The van der Waals surface area contributed by atoms with Crippen molar-refractivity contribution < 1.29 is 14.5 Å². The molecule has 0 saturated carbocycles. The van der Waals surface area contributed by atoms with Gasteiger partial charge in [0, 0.05) is 36.5 Å². The number of benzene rings is 2. The van der Waals surface area contributed by atoms with E-state index >= 15 is 0 Å². The minimum atomic E-state index is -0.605. The summed E-state index contributed by atoms with van der Waals surface area (Å²) in [6.45, 7) is 4.47. The number of nitro benzene ring substituents is 1. The van der Waals surface area contributed by atoms with Gasteiger partial charge >= 0.3 is 0 Å². The highest BCUT2D eigenvalue weighted by Gasteiger charge is 2.35. The van der Waals surface area contributed by atoms with Gasteiger partial charge in [-0.2, -0.15) is 0 Å². The summed E-state index contributed by atoms with van der Waals surface area (Å²) in [5.41, 5.74) is 2.14. The number of aryl methyl sites for hydroxylation is 1. The number of carbonyl (C=O) groups is 2. The third-order valence-electron chi connectivity index (χ3n) is 4.55. The summed E-state index contributed by atoms with van der Waals surface area (Å²) in [7, 11) is 0. The van der Waals surface area contributed by atoms with Gasteiger partial charge in [0.1, 0.15) is 6.04 Å². The van der Waals surface area contributed by atoms with Crippen LogP contribution in [0.2, 0.25) is 0 Å². The number of nitrogens with zero attached hydrogens (tertiary/aromatic N) is 3. The molecule has 1 atom stereocenters. The van der Waals surface area contributed by atoms with Gasteiger partial charge in [0.2, 0.25) is 5.91 Å². The van der Waals surface area contributed by atoms with E-state index in [0.29, 0.717) is 18.7 Å². The van der Waals surface area contributed by atoms with E-state index in [-0.39, 0.29) is 17.5 Å². The van der Waals surface area contributed by atoms with Gasteiger partial charge in [0.05, 0.1) is 4.92 Å². The molecule has 2 aromatic carbocycles. The van der Waals surface area contributed by atoms with Crippen LogP contribution in [-0.4, -0.2) is 40.8 Å². The van der Waals surface area contributed by atoms with E-state index in [4.69, 9.17) is 0 Å². The van der Waals surface area contributed by atoms with Crippen molar-refractivity contribution in [3.63, 3.8) is 0 Å². The number of amides is 2. The molecule has 0 aliphatic carbocycles. The fraction of sp³-hybridized carbons (Fsp3) is 0.263. The van der Waals surface area contributed by atoms with Crippen LogP contribution in [0.1, 0.15) is 22.8 Å². The highest BCUT2D eigenvalue weighted by atomic mass is 16.6. The Bertz CT molecular complexity index is 863. The van der Waals surface area contributed by atoms with Crippen molar-refractivity contribution >= 4 is 23.2 Å². The smallest absolute Gasteiger partial charge is 0.269 e. The fourth-order valence-electron chi connectivity index (χ4n) is 3.09. The zero-order valence-electron chi connectivity index (χ0n) is 14.6. The van der Waals surface area contributed by atoms with Crippen molar-refractivity contribution in [2.45, 2.75) is 19.9 Å². The van der Waals surface area contributed by atoms with Gasteiger partial charge in [-0.15, -0.1) is 0 Å². The summed E-state index contributed by atoms with van der Waals surface area (Å²) in [5, 5.41) is 10.7. The Hall–Kier alpha value is -3.22. The Kier molecular flexibility index (Phi) is 4.71. The van der Waals surface area contributed by atoms with Gasteiger partial charge in [0.15, 0.2) is 0 Å². The topological polar surface area (TPSA) is 83.8 Å². The van der Waals surface area contributed by atoms with Gasteiger partial charge < -0.3 is 9.80 Å². The van der Waals surface area contributed by atoms with Crippen molar-refractivity contribution in [2.24, 2.45) is 0 Å². The number of carbonyl (C=O) groups excluding carboxylic acids is 2. The molecule has 3 rings (SSSR count). The Morgan fingerprint density at radius 2 is 1.85 bits per heavy atom. The van der Waals surface area contributed by atoms with E-state index in [9.17, 15) is 19.7 Å². The van der Waals surface area contributed by atoms with Crippen LogP contribution in [0, 0.1) is 17.0 Å². The SMILES string of the molecule is Cc1cccc(N2CCN(C(=O)c3ccc([N+](=O)[O-])cc3)C(C)C2=O)c1. The zero-order chi connectivity index (χ0) is 18.8. The normalized spacial score (nSPS) is 17.3. The first-order chi connectivity index (χ1) is 12.4. The molecule has 1 aliphatic heterocycles. The van der Waals surface area contributed by atoms with Crippen LogP contribution in [0.15, 0.2) is 48.5 Å². The van der Waals surface area contributed by atoms with E-state index < -0.39 is 11.0 Å². The first-order valence-corrected chi connectivity index (χ1v) is 8.32. The predicted octanol–water partition coefficient (Wildman–Crippen LogP) is 2.78. The largest absolute Gasteiger partial charge is 0.325 e. The lowest BCUT2D eigenvalue weighted by Crippen LogP contribution is -2.57. The lowest BCUT2D eigenvalue weighted by molar-refractivity contribution is -0.384. The predicted molar refractivity (Wildman–Crippen MR) is 97.1 cm³/mol. The number of non-ortho nitro benzene ring substituents is 1. The quantitative estimate of drug-likeness (QED) is 0.627. The summed E-state index contributed by atoms with van der Waals surface area (Å²) >= 11 is 0.